The van der Waals surface area contributed by atoms with E-state index in [9.17, 15) is 9.50 Å². The molecule has 2 aromatic carbocycles. The highest BCUT2D eigenvalue weighted by molar-refractivity contribution is 7.99. The first-order valence-corrected chi connectivity index (χ1v) is 6.66. The molecule has 94 valence electrons. The molecule has 0 radical (unpaired) electrons. The molecular weight excluding hydrogens is 271 g/mol. The fourth-order valence-electron chi connectivity index (χ4n) is 1.49. The number of benzene rings is 2. The van der Waals surface area contributed by atoms with Crippen molar-refractivity contribution in [2.24, 2.45) is 0 Å². The molecule has 0 saturated heterocycles. The molecule has 1 nitrogen and oxygen atoms in total. The molecule has 0 fully saturated rings. The Bertz CT molecular complexity index is 540. The van der Waals surface area contributed by atoms with Crippen LogP contribution in [0.3, 0.4) is 0 Å². The molecule has 4 heteroatoms. The van der Waals surface area contributed by atoms with Crippen LogP contribution in [-0.2, 0) is 0 Å². The molecule has 0 aliphatic carbocycles. The van der Waals surface area contributed by atoms with Gasteiger partial charge in [-0.15, -0.1) is 0 Å². The van der Waals surface area contributed by atoms with Crippen LogP contribution in [0.2, 0.25) is 5.02 Å². The van der Waals surface area contributed by atoms with Gasteiger partial charge in [0.1, 0.15) is 5.82 Å². The van der Waals surface area contributed by atoms with Crippen LogP contribution in [0.15, 0.2) is 52.3 Å². The van der Waals surface area contributed by atoms with Crippen molar-refractivity contribution < 1.29 is 9.50 Å². The minimum atomic E-state index is -0.658. The van der Waals surface area contributed by atoms with E-state index in [1.807, 2.05) is 12.1 Å². The van der Waals surface area contributed by atoms with Gasteiger partial charge in [-0.25, -0.2) is 4.39 Å². The van der Waals surface area contributed by atoms with E-state index in [-0.39, 0.29) is 5.82 Å². The molecule has 0 aliphatic rings. The number of aliphatic hydroxyl groups is 1. The molecule has 0 spiro atoms. The fourth-order valence-corrected chi connectivity index (χ4v) is 2.43. The first kappa shape index (κ1) is 13.4. The molecule has 0 aromatic heterocycles. The molecule has 18 heavy (non-hydrogen) atoms. The zero-order valence-electron chi connectivity index (χ0n) is 9.73. The minimum absolute atomic E-state index is 0.326. The van der Waals surface area contributed by atoms with Crippen molar-refractivity contribution in [3.8, 4) is 0 Å². The molecule has 1 N–H and O–H groups in total. The second-order valence-electron chi connectivity index (χ2n) is 3.92. The van der Waals surface area contributed by atoms with Crippen molar-refractivity contribution in [1.82, 2.24) is 0 Å². The van der Waals surface area contributed by atoms with Gasteiger partial charge < -0.3 is 5.11 Å². The highest BCUT2D eigenvalue weighted by Crippen LogP contribution is 2.31. The molecule has 2 rings (SSSR count). The van der Waals surface area contributed by atoms with Gasteiger partial charge in [0.2, 0.25) is 0 Å². The van der Waals surface area contributed by atoms with Crippen LogP contribution in [0.5, 0.6) is 0 Å². The summed E-state index contributed by atoms with van der Waals surface area (Å²) in [4.78, 5) is 1.45. The van der Waals surface area contributed by atoms with E-state index in [2.05, 4.69) is 0 Å². The normalized spacial score (nSPS) is 12.4. The van der Waals surface area contributed by atoms with Crippen molar-refractivity contribution in [2.75, 3.05) is 0 Å². The Morgan fingerprint density at radius 2 is 1.83 bits per heavy atom. The van der Waals surface area contributed by atoms with E-state index >= 15 is 0 Å². The lowest BCUT2D eigenvalue weighted by atomic mass is 10.1. The second kappa shape index (κ2) is 5.74. The summed E-state index contributed by atoms with van der Waals surface area (Å²) in [5, 5.41) is 10.0. The van der Waals surface area contributed by atoms with Gasteiger partial charge in [-0.05, 0) is 48.9 Å². The molecule has 0 amide bonds. The van der Waals surface area contributed by atoms with Gasteiger partial charge >= 0.3 is 0 Å². The zero-order valence-corrected chi connectivity index (χ0v) is 11.3. The van der Waals surface area contributed by atoms with Crippen molar-refractivity contribution in [2.45, 2.75) is 22.8 Å². The lowest BCUT2D eigenvalue weighted by Gasteiger charge is -2.08. The van der Waals surface area contributed by atoms with Crippen LogP contribution < -0.4 is 0 Å². The van der Waals surface area contributed by atoms with Crippen LogP contribution in [0.25, 0.3) is 0 Å². The van der Waals surface area contributed by atoms with E-state index in [4.69, 9.17) is 11.6 Å². The average molecular weight is 283 g/mol. The third-order valence-electron chi connectivity index (χ3n) is 2.48. The van der Waals surface area contributed by atoms with Gasteiger partial charge in [-0.1, -0.05) is 29.4 Å². The van der Waals surface area contributed by atoms with Crippen LogP contribution in [0.4, 0.5) is 4.39 Å². The molecule has 1 unspecified atom stereocenters. The molecule has 0 bridgehead atoms. The Morgan fingerprint density at radius 1 is 1.17 bits per heavy atom. The van der Waals surface area contributed by atoms with Gasteiger partial charge in [0, 0.05) is 14.8 Å². The summed E-state index contributed by atoms with van der Waals surface area (Å²) in [6, 6.07) is 12.0. The topological polar surface area (TPSA) is 20.2 Å². The van der Waals surface area contributed by atoms with Gasteiger partial charge in [-0.2, -0.15) is 0 Å². The Hall–Kier alpha value is -1.03. The largest absolute Gasteiger partial charge is 0.389 e. The van der Waals surface area contributed by atoms with Crippen LogP contribution in [-0.4, -0.2) is 5.11 Å². The summed E-state index contributed by atoms with van der Waals surface area (Å²) in [6.07, 6.45) is -0.658. The molecule has 1 atom stereocenters. The predicted octanol–water partition coefficient (Wildman–Crippen LogP) is 4.68. The summed E-state index contributed by atoms with van der Waals surface area (Å²) < 4.78 is 13.8. The lowest BCUT2D eigenvalue weighted by molar-refractivity contribution is 0.198. The SMILES string of the molecule is CC(O)c1ccc(Sc2ccc(Cl)cc2)c(F)c1. The maximum Gasteiger partial charge on any atom is 0.137 e. The molecule has 0 heterocycles. The summed E-state index contributed by atoms with van der Waals surface area (Å²) in [5.74, 6) is -0.326. The predicted molar refractivity (Wildman–Crippen MR) is 72.6 cm³/mol. The number of hydrogen-bond acceptors (Lipinski definition) is 2. The zero-order chi connectivity index (χ0) is 13.1. The minimum Gasteiger partial charge on any atom is -0.389 e. The van der Waals surface area contributed by atoms with E-state index < -0.39 is 6.10 Å². The summed E-state index contributed by atoms with van der Waals surface area (Å²) in [5.41, 5.74) is 0.577. The van der Waals surface area contributed by atoms with Gasteiger partial charge in [-0.3, -0.25) is 0 Å². The summed E-state index contributed by atoms with van der Waals surface area (Å²) in [6.45, 7) is 1.61. The van der Waals surface area contributed by atoms with Crippen LogP contribution >= 0.6 is 23.4 Å². The van der Waals surface area contributed by atoms with Gasteiger partial charge in [0.25, 0.3) is 0 Å². The molecule has 0 aliphatic heterocycles. The standard InChI is InChI=1S/C14H12ClFOS/c1-9(17)10-2-7-14(13(16)8-10)18-12-5-3-11(15)4-6-12/h2-9,17H,1H3. The average Bonchev–Trinajstić information content (AvgIpc) is 2.34. The Labute approximate surface area is 115 Å². The van der Waals surface area contributed by atoms with E-state index in [1.54, 1.807) is 31.2 Å². The maximum absolute atomic E-state index is 13.8. The van der Waals surface area contributed by atoms with Crippen molar-refractivity contribution in [3.05, 3.63) is 58.9 Å². The van der Waals surface area contributed by atoms with Crippen LogP contribution in [0.1, 0.15) is 18.6 Å². The maximum atomic E-state index is 13.8. The first-order chi connectivity index (χ1) is 8.56. The molecular formula is C14H12ClFOS. The number of aliphatic hydroxyl groups excluding tert-OH is 1. The lowest BCUT2D eigenvalue weighted by Crippen LogP contribution is -1.92. The first-order valence-electron chi connectivity index (χ1n) is 5.47. The highest BCUT2D eigenvalue weighted by Gasteiger charge is 2.08. The van der Waals surface area contributed by atoms with Gasteiger partial charge in [0.05, 0.1) is 6.10 Å². The molecule has 2 aromatic rings. The number of rotatable bonds is 3. The fraction of sp³-hybridized carbons (Fsp3) is 0.143. The van der Waals surface area contributed by atoms with E-state index in [1.165, 1.54) is 17.8 Å². The number of hydrogen-bond donors (Lipinski definition) is 1. The van der Waals surface area contributed by atoms with E-state index in [0.717, 1.165) is 4.90 Å². The number of halogens is 2. The van der Waals surface area contributed by atoms with E-state index in [0.29, 0.717) is 15.5 Å². The summed E-state index contributed by atoms with van der Waals surface area (Å²) >= 11 is 7.12. The van der Waals surface area contributed by atoms with Gasteiger partial charge in [0.15, 0.2) is 0 Å². The Morgan fingerprint density at radius 3 is 2.39 bits per heavy atom. The smallest absolute Gasteiger partial charge is 0.137 e. The monoisotopic (exact) mass is 282 g/mol. The second-order valence-corrected chi connectivity index (χ2v) is 5.47. The third-order valence-corrected chi connectivity index (χ3v) is 3.79. The van der Waals surface area contributed by atoms with Crippen molar-refractivity contribution in [1.29, 1.82) is 0 Å². The highest BCUT2D eigenvalue weighted by atomic mass is 35.5. The van der Waals surface area contributed by atoms with Crippen molar-refractivity contribution in [3.63, 3.8) is 0 Å². The summed E-state index contributed by atoms with van der Waals surface area (Å²) in [7, 11) is 0. The molecule has 0 saturated carbocycles. The third kappa shape index (κ3) is 3.25. The van der Waals surface area contributed by atoms with Crippen molar-refractivity contribution >= 4 is 23.4 Å². The quantitative estimate of drug-likeness (QED) is 0.882. The Kier molecular flexibility index (Phi) is 4.27. The Balaban J connectivity index is 2.22. The van der Waals surface area contributed by atoms with Crippen LogP contribution in [0, 0.1) is 5.82 Å².